The lowest BCUT2D eigenvalue weighted by Crippen LogP contribution is -2.42. The average molecular weight is 564 g/mol. The molecule has 34 heavy (non-hydrogen) atoms. The van der Waals surface area contributed by atoms with Crippen molar-refractivity contribution >= 4 is 38.1 Å². The van der Waals surface area contributed by atoms with Gasteiger partial charge in [0.15, 0.2) is 5.69 Å². The van der Waals surface area contributed by atoms with E-state index in [4.69, 9.17) is 13.9 Å². The summed E-state index contributed by atoms with van der Waals surface area (Å²) in [6, 6.07) is 3.81. The van der Waals surface area contributed by atoms with Gasteiger partial charge in [0.25, 0.3) is 0 Å². The largest absolute Gasteiger partial charge is 0.449 e. The Morgan fingerprint density at radius 2 is 2.06 bits per heavy atom. The topological polar surface area (TPSA) is 183 Å². The number of hydrogen-bond donors (Lipinski definition) is 3. The molecule has 3 aromatic rings. The first-order valence-electron chi connectivity index (χ1n) is 9.77. The van der Waals surface area contributed by atoms with E-state index < -0.39 is 27.9 Å². The normalized spacial score (nSPS) is 11.4. The van der Waals surface area contributed by atoms with Gasteiger partial charge in [0.1, 0.15) is 5.82 Å². The first-order chi connectivity index (χ1) is 16.2. The Kier molecular flexibility index (Phi) is 8.35. The number of ether oxygens (including phenoxy) is 1. The maximum atomic E-state index is 13.6. The summed E-state index contributed by atoms with van der Waals surface area (Å²) in [6.07, 6.45) is 0.305. The van der Waals surface area contributed by atoms with Crippen LogP contribution in [-0.2, 0) is 14.9 Å². The van der Waals surface area contributed by atoms with Gasteiger partial charge in [-0.1, -0.05) is 18.5 Å². The van der Waals surface area contributed by atoms with Crippen molar-refractivity contribution in [2.24, 2.45) is 0 Å². The molecule has 0 radical (unpaired) electrons. The fraction of sp³-hybridized carbons (Fsp3) is 0.353. The molecule has 0 saturated carbocycles. The summed E-state index contributed by atoms with van der Waals surface area (Å²) >= 11 is 3.04. The minimum atomic E-state index is -4.15. The van der Waals surface area contributed by atoms with E-state index in [1.54, 1.807) is 4.72 Å². The van der Waals surface area contributed by atoms with Crippen molar-refractivity contribution in [1.82, 2.24) is 29.5 Å². The van der Waals surface area contributed by atoms with Gasteiger partial charge in [0, 0.05) is 13.1 Å². The number of carbonyl (C=O) groups is 1. The number of rotatable bonds is 11. The van der Waals surface area contributed by atoms with Crippen LogP contribution in [0.2, 0.25) is 0 Å². The molecule has 0 aliphatic rings. The fourth-order valence-corrected chi connectivity index (χ4v) is 3.64. The van der Waals surface area contributed by atoms with Gasteiger partial charge in [-0.15, -0.1) is 0 Å². The molecule has 2 heterocycles. The highest BCUT2D eigenvalue weighted by Gasteiger charge is 2.23. The molecule has 0 atom stereocenters. The predicted octanol–water partition coefficient (Wildman–Crippen LogP) is 1.55. The Balaban J connectivity index is 1.64. The van der Waals surface area contributed by atoms with E-state index in [1.807, 2.05) is 6.92 Å². The highest BCUT2D eigenvalue weighted by molar-refractivity contribution is 9.10. The molecule has 0 saturated heterocycles. The quantitative estimate of drug-likeness (QED) is 0.287. The van der Waals surface area contributed by atoms with E-state index in [9.17, 15) is 22.4 Å². The van der Waals surface area contributed by atoms with Crippen molar-refractivity contribution < 1.29 is 31.5 Å². The molecule has 184 valence electrons. The molecule has 17 heteroatoms. The fourth-order valence-electron chi connectivity index (χ4n) is 2.55. The van der Waals surface area contributed by atoms with E-state index >= 15 is 0 Å². The van der Waals surface area contributed by atoms with Gasteiger partial charge in [-0.3, -0.25) is 4.52 Å². The Hall–Kier alpha value is -3.31. The van der Waals surface area contributed by atoms with Crippen LogP contribution in [-0.4, -0.2) is 54.2 Å². The SMILES string of the molecule is CCCCOC(=O)NS(=O)(=O)NCCNc1nonc1-c1noc(=O)n1-c1ccc(F)c(Br)c1. The second kappa shape index (κ2) is 11.2. The van der Waals surface area contributed by atoms with Crippen LogP contribution in [0.25, 0.3) is 17.2 Å². The number of nitrogens with one attached hydrogen (secondary N) is 3. The summed E-state index contributed by atoms with van der Waals surface area (Å²) in [6.45, 7) is 1.81. The van der Waals surface area contributed by atoms with E-state index in [2.05, 4.69) is 41.4 Å². The van der Waals surface area contributed by atoms with Crippen LogP contribution in [0.1, 0.15) is 19.8 Å². The zero-order valence-electron chi connectivity index (χ0n) is 17.6. The van der Waals surface area contributed by atoms with Crippen LogP contribution < -0.4 is 20.5 Å². The third-order valence-corrected chi connectivity index (χ3v) is 5.75. The Bertz CT molecular complexity index is 1310. The van der Waals surface area contributed by atoms with Crippen LogP contribution in [0.3, 0.4) is 0 Å². The highest BCUT2D eigenvalue weighted by Crippen LogP contribution is 2.25. The molecule has 0 aliphatic heterocycles. The third-order valence-electron chi connectivity index (χ3n) is 4.12. The molecule has 0 bridgehead atoms. The molecule has 1 amide bonds. The Morgan fingerprint density at radius 3 is 2.79 bits per heavy atom. The van der Waals surface area contributed by atoms with Gasteiger partial charge in [0.05, 0.1) is 16.8 Å². The summed E-state index contributed by atoms with van der Waals surface area (Å²) in [5.74, 6) is -1.47. The lowest BCUT2D eigenvalue weighted by atomic mass is 10.3. The number of halogens is 2. The summed E-state index contributed by atoms with van der Waals surface area (Å²) in [4.78, 5) is 23.7. The average Bonchev–Trinajstić information content (AvgIpc) is 3.39. The summed E-state index contributed by atoms with van der Waals surface area (Å²) in [7, 11) is -4.15. The van der Waals surface area contributed by atoms with Crippen molar-refractivity contribution in [1.29, 1.82) is 0 Å². The van der Waals surface area contributed by atoms with Gasteiger partial charge < -0.3 is 10.1 Å². The number of carbonyl (C=O) groups excluding carboxylic acids is 1. The number of unbranched alkanes of at least 4 members (excludes halogenated alkanes) is 1. The second-order valence-corrected chi connectivity index (χ2v) is 8.94. The molecule has 3 N–H and O–H groups in total. The molecule has 3 rings (SSSR count). The Labute approximate surface area is 200 Å². The smallest absolute Gasteiger partial charge is 0.446 e. The number of hydrogen-bond acceptors (Lipinski definition) is 11. The Morgan fingerprint density at radius 1 is 1.26 bits per heavy atom. The number of aromatic nitrogens is 4. The van der Waals surface area contributed by atoms with Gasteiger partial charge >= 0.3 is 22.1 Å². The van der Waals surface area contributed by atoms with E-state index in [1.165, 1.54) is 12.1 Å². The molecule has 2 aromatic heterocycles. The maximum absolute atomic E-state index is 13.6. The van der Waals surface area contributed by atoms with Crippen LogP contribution in [0.4, 0.5) is 15.0 Å². The third kappa shape index (κ3) is 6.39. The van der Waals surface area contributed by atoms with Crippen LogP contribution in [0, 0.1) is 5.82 Å². The number of anilines is 1. The van der Waals surface area contributed by atoms with E-state index in [0.717, 1.165) is 17.1 Å². The van der Waals surface area contributed by atoms with Gasteiger partial charge in [-0.2, -0.15) is 13.1 Å². The van der Waals surface area contributed by atoms with Gasteiger partial charge in [-0.25, -0.2) is 27.9 Å². The van der Waals surface area contributed by atoms with Gasteiger partial charge in [0.2, 0.25) is 11.6 Å². The minimum Gasteiger partial charge on any atom is -0.449 e. The molecule has 0 aliphatic carbocycles. The van der Waals surface area contributed by atoms with Gasteiger partial charge in [-0.05, 0) is 50.9 Å². The second-order valence-electron chi connectivity index (χ2n) is 6.58. The van der Waals surface area contributed by atoms with Crippen LogP contribution >= 0.6 is 15.9 Å². The summed E-state index contributed by atoms with van der Waals surface area (Å²) in [5.41, 5.74) is 0.208. The first kappa shape index (κ1) is 25.3. The van der Waals surface area contributed by atoms with Crippen molar-refractivity contribution in [3.05, 3.63) is 39.0 Å². The minimum absolute atomic E-state index is 0.0167. The molecule has 1 aromatic carbocycles. The van der Waals surface area contributed by atoms with Crippen LogP contribution in [0.15, 0.2) is 36.6 Å². The maximum Gasteiger partial charge on any atom is 0.446 e. The highest BCUT2D eigenvalue weighted by atomic mass is 79.9. The molecule has 14 nitrogen and oxygen atoms in total. The summed E-state index contributed by atoms with van der Waals surface area (Å²) < 4.78 is 56.5. The zero-order valence-corrected chi connectivity index (χ0v) is 20.0. The molecule has 0 spiro atoms. The van der Waals surface area contributed by atoms with Crippen molar-refractivity contribution in [2.75, 3.05) is 25.0 Å². The standard InChI is InChI=1S/C17H19BrFN7O7S/c1-2-3-8-31-16(27)25-34(29,30)21-7-6-20-14-13(22-33-23-14)15-24-32-17(28)26(15)10-4-5-12(19)11(18)9-10/h4-5,9,21H,2-3,6-8H2,1H3,(H,20,23)(H,25,27). The molecular weight excluding hydrogens is 545 g/mol. The van der Waals surface area contributed by atoms with Crippen LogP contribution in [0.5, 0.6) is 0 Å². The molecule has 0 unspecified atom stereocenters. The number of nitrogens with zero attached hydrogens (tertiary/aromatic N) is 4. The van der Waals surface area contributed by atoms with Crippen molar-refractivity contribution in [2.45, 2.75) is 19.8 Å². The van der Waals surface area contributed by atoms with E-state index in [0.29, 0.717) is 6.42 Å². The number of amides is 1. The predicted molar refractivity (Wildman–Crippen MR) is 118 cm³/mol. The van der Waals surface area contributed by atoms with E-state index in [-0.39, 0.29) is 47.2 Å². The zero-order chi connectivity index (χ0) is 24.7. The monoisotopic (exact) mass is 563 g/mol. The first-order valence-corrected chi connectivity index (χ1v) is 12.0. The lowest BCUT2D eigenvalue weighted by molar-refractivity contribution is 0.151. The van der Waals surface area contributed by atoms with Crippen molar-refractivity contribution in [3.8, 4) is 17.2 Å². The molecule has 0 fully saturated rings. The summed E-state index contributed by atoms with van der Waals surface area (Å²) in [5, 5.41) is 13.8. The lowest BCUT2D eigenvalue weighted by Gasteiger charge is -2.09. The molecular formula is C17H19BrFN7O7S. The van der Waals surface area contributed by atoms with Crippen molar-refractivity contribution in [3.63, 3.8) is 0 Å². The number of benzene rings is 1.